The zero-order valence-corrected chi connectivity index (χ0v) is 14.0. The van der Waals surface area contributed by atoms with Crippen molar-refractivity contribution < 1.29 is 4.39 Å². The van der Waals surface area contributed by atoms with Crippen molar-refractivity contribution >= 4 is 11.8 Å². The van der Waals surface area contributed by atoms with Crippen LogP contribution in [0.4, 0.5) is 4.39 Å². The number of hydrogen-bond acceptors (Lipinski definition) is 2. The van der Waals surface area contributed by atoms with Gasteiger partial charge in [0.25, 0.3) is 0 Å². The second-order valence-corrected chi connectivity index (χ2v) is 6.68. The fourth-order valence-electron chi connectivity index (χ4n) is 3.34. The van der Waals surface area contributed by atoms with Crippen LogP contribution in [0, 0.1) is 12.7 Å². The highest BCUT2D eigenvalue weighted by Gasteiger charge is 2.23. The van der Waals surface area contributed by atoms with Crippen molar-refractivity contribution in [1.29, 1.82) is 0 Å². The lowest BCUT2D eigenvalue weighted by Gasteiger charge is -2.21. The second kappa shape index (κ2) is 5.53. The van der Waals surface area contributed by atoms with Crippen molar-refractivity contribution in [1.82, 2.24) is 9.55 Å². The van der Waals surface area contributed by atoms with Crippen molar-refractivity contribution in [2.45, 2.75) is 24.7 Å². The standard InChI is InChI=1S/C19H17FN2S/c1-12-19(14-4-3-5-15(20)10-14)22-17-8-7-16(23-2)11-13(17)6-9-18(22)21-12/h3-5,7-8,10-11H,6,9H2,1-2H3. The van der Waals surface area contributed by atoms with E-state index in [1.807, 2.05) is 13.0 Å². The third-order valence-electron chi connectivity index (χ3n) is 4.36. The molecule has 0 N–H and O–H groups in total. The molecule has 0 amide bonds. The summed E-state index contributed by atoms with van der Waals surface area (Å²) in [6, 6.07) is 13.3. The van der Waals surface area contributed by atoms with Crippen LogP contribution in [0.3, 0.4) is 0 Å². The second-order valence-electron chi connectivity index (χ2n) is 5.80. The molecular formula is C19H17FN2S. The summed E-state index contributed by atoms with van der Waals surface area (Å²) in [6.45, 7) is 2.00. The molecule has 116 valence electrons. The Balaban J connectivity index is 1.96. The van der Waals surface area contributed by atoms with Gasteiger partial charge in [-0.05, 0) is 55.5 Å². The molecule has 0 atom stereocenters. The Morgan fingerprint density at radius 3 is 2.78 bits per heavy atom. The van der Waals surface area contributed by atoms with E-state index >= 15 is 0 Å². The quantitative estimate of drug-likeness (QED) is 0.630. The molecule has 0 aliphatic carbocycles. The largest absolute Gasteiger partial charge is 0.296 e. The summed E-state index contributed by atoms with van der Waals surface area (Å²) >= 11 is 1.76. The first-order chi connectivity index (χ1) is 11.2. The van der Waals surface area contributed by atoms with Gasteiger partial charge in [0.1, 0.15) is 11.6 Å². The molecule has 0 unspecified atom stereocenters. The minimum atomic E-state index is -0.216. The minimum Gasteiger partial charge on any atom is -0.296 e. The number of aromatic nitrogens is 2. The molecule has 1 aromatic heterocycles. The molecule has 2 nitrogen and oxygen atoms in total. The van der Waals surface area contributed by atoms with Gasteiger partial charge in [0.05, 0.1) is 17.1 Å². The Morgan fingerprint density at radius 2 is 2.00 bits per heavy atom. The maximum absolute atomic E-state index is 13.7. The maximum Gasteiger partial charge on any atom is 0.123 e. The molecule has 1 aliphatic rings. The lowest BCUT2D eigenvalue weighted by molar-refractivity contribution is 0.628. The van der Waals surface area contributed by atoms with Crippen molar-refractivity contribution in [2.24, 2.45) is 0 Å². The predicted octanol–water partition coefficient (Wildman–Crippen LogP) is 4.81. The Kier molecular flexibility index (Phi) is 3.49. The molecule has 23 heavy (non-hydrogen) atoms. The van der Waals surface area contributed by atoms with E-state index in [0.29, 0.717) is 0 Å². The first-order valence-electron chi connectivity index (χ1n) is 7.69. The average molecular weight is 324 g/mol. The molecule has 0 saturated heterocycles. The molecule has 2 heterocycles. The fourth-order valence-corrected chi connectivity index (χ4v) is 3.81. The molecule has 0 saturated carbocycles. The molecular weight excluding hydrogens is 307 g/mol. The van der Waals surface area contributed by atoms with Crippen LogP contribution in [0.25, 0.3) is 16.9 Å². The molecule has 0 spiro atoms. The Bertz CT molecular complexity index is 898. The number of rotatable bonds is 2. The Hall–Kier alpha value is -2.07. The van der Waals surface area contributed by atoms with Crippen LogP contribution < -0.4 is 0 Å². The van der Waals surface area contributed by atoms with Gasteiger partial charge in [-0.3, -0.25) is 4.57 Å². The molecule has 4 rings (SSSR count). The zero-order valence-electron chi connectivity index (χ0n) is 13.1. The van der Waals surface area contributed by atoms with Crippen molar-refractivity contribution in [2.75, 3.05) is 6.26 Å². The number of benzene rings is 2. The first kappa shape index (κ1) is 14.5. The topological polar surface area (TPSA) is 17.8 Å². The highest BCUT2D eigenvalue weighted by molar-refractivity contribution is 7.98. The summed E-state index contributed by atoms with van der Waals surface area (Å²) in [5.74, 6) is 0.845. The number of imidazole rings is 1. The highest BCUT2D eigenvalue weighted by atomic mass is 32.2. The molecule has 2 aromatic carbocycles. The van der Waals surface area contributed by atoms with E-state index in [0.717, 1.165) is 35.6 Å². The number of aryl methyl sites for hydroxylation is 3. The van der Waals surface area contributed by atoms with Crippen molar-refractivity contribution in [3.63, 3.8) is 0 Å². The van der Waals surface area contributed by atoms with Crippen molar-refractivity contribution in [3.05, 3.63) is 65.4 Å². The lowest BCUT2D eigenvalue weighted by atomic mass is 10.0. The molecule has 0 radical (unpaired) electrons. The van der Waals surface area contributed by atoms with E-state index in [1.54, 1.807) is 23.9 Å². The van der Waals surface area contributed by atoms with Crippen LogP contribution >= 0.6 is 11.8 Å². The number of fused-ring (bicyclic) bond motifs is 3. The van der Waals surface area contributed by atoms with E-state index in [-0.39, 0.29) is 5.82 Å². The Morgan fingerprint density at radius 1 is 1.13 bits per heavy atom. The summed E-state index contributed by atoms with van der Waals surface area (Å²) in [6.07, 6.45) is 4.01. The molecule has 3 aromatic rings. The minimum absolute atomic E-state index is 0.216. The van der Waals surface area contributed by atoms with Gasteiger partial charge in [0.15, 0.2) is 0 Å². The third-order valence-corrected chi connectivity index (χ3v) is 5.09. The number of nitrogens with zero attached hydrogens (tertiary/aromatic N) is 2. The van der Waals surface area contributed by atoms with E-state index in [1.165, 1.54) is 22.2 Å². The van der Waals surface area contributed by atoms with Gasteiger partial charge in [-0.15, -0.1) is 11.8 Å². The molecule has 4 heteroatoms. The molecule has 0 bridgehead atoms. The fraction of sp³-hybridized carbons (Fsp3) is 0.211. The smallest absolute Gasteiger partial charge is 0.123 e. The predicted molar refractivity (Wildman–Crippen MR) is 92.9 cm³/mol. The summed E-state index contributed by atoms with van der Waals surface area (Å²) in [4.78, 5) is 6.01. The summed E-state index contributed by atoms with van der Waals surface area (Å²) in [5, 5.41) is 0. The van der Waals surface area contributed by atoms with Crippen LogP contribution in [0.2, 0.25) is 0 Å². The number of halogens is 1. The van der Waals surface area contributed by atoms with Gasteiger partial charge in [-0.1, -0.05) is 12.1 Å². The van der Waals surface area contributed by atoms with Crippen LogP contribution in [-0.2, 0) is 12.8 Å². The van der Waals surface area contributed by atoms with E-state index < -0.39 is 0 Å². The molecule has 0 fully saturated rings. The SMILES string of the molecule is CSc1ccc2c(c1)CCc1nc(C)c(-c3cccc(F)c3)n1-2. The van der Waals surface area contributed by atoms with Crippen LogP contribution in [0.15, 0.2) is 47.4 Å². The van der Waals surface area contributed by atoms with Crippen molar-refractivity contribution in [3.8, 4) is 16.9 Å². The Labute approximate surface area is 139 Å². The van der Waals surface area contributed by atoms with Gasteiger partial charge < -0.3 is 0 Å². The summed E-state index contributed by atoms with van der Waals surface area (Å²) < 4.78 is 15.9. The first-order valence-corrected chi connectivity index (χ1v) is 8.91. The van der Waals surface area contributed by atoms with Gasteiger partial charge in [-0.2, -0.15) is 0 Å². The lowest BCUT2D eigenvalue weighted by Crippen LogP contribution is -2.13. The van der Waals surface area contributed by atoms with Crippen LogP contribution in [0.5, 0.6) is 0 Å². The van der Waals surface area contributed by atoms with E-state index in [2.05, 4.69) is 29.0 Å². The summed E-state index contributed by atoms with van der Waals surface area (Å²) in [7, 11) is 0. The van der Waals surface area contributed by atoms with Crippen LogP contribution in [0.1, 0.15) is 17.1 Å². The molecule has 1 aliphatic heterocycles. The average Bonchev–Trinajstić information content (AvgIpc) is 2.90. The monoisotopic (exact) mass is 324 g/mol. The third kappa shape index (κ3) is 2.38. The zero-order chi connectivity index (χ0) is 16.0. The highest BCUT2D eigenvalue weighted by Crippen LogP contribution is 2.35. The summed E-state index contributed by atoms with van der Waals surface area (Å²) in [5.41, 5.74) is 5.33. The van der Waals surface area contributed by atoms with Gasteiger partial charge in [-0.25, -0.2) is 9.37 Å². The van der Waals surface area contributed by atoms with Gasteiger partial charge >= 0.3 is 0 Å². The number of thioether (sulfide) groups is 1. The normalized spacial score (nSPS) is 12.8. The van der Waals surface area contributed by atoms with Crippen LogP contribution in [-0.4, -0.2) is 15.8 Å². The van der Waals surface area contributed by atoms with E-state index in [9.17, 15) is 4.39 Å². The number of hydrogen-bond donors (Lipinski definition) is 0. The maximum atomic E-state index is 13.7. The van der Waals surface area contributed by atoms with Gasteiger partial charge in [0.2, 0.25) is 0 Å². The van der Waals surface area contributed by atoms with E-state index in [4.69, 9.17) is 4.98 Å². The van der Waals surface area contributed by atoms with Gasteiger partial charge in [0, 0.05) is 16.9 Å².